The number of rotatable bonds is 9. The molecule has 8 nitrogen and oxygen atoms in total. The lowest BCUT2D eigenvalue weighted by atomic mass is 10.1. The Morgan fingerprint density at radius 2 is 1.65 bits per heavy atom. The van der Waals surface area contributed by atoms with Crippen molar-refractivity contribution in [3.8, 4) is 23.0 Å². The van der Waals surface area contributed by atoms with Crippen molar-refractivity contribution in [1.82, 2.24) is 5.43 Å². The maximum atomic E-state index is 12.5. The lowest BCUT2D eigenvalue weighted by Gasteiger charge is -2.10. The molecule has 9 heteroatoms. The number of ether oxygens (including phenoxy) is 4. The number of methoxy groups -OCH3 is 2. The minimum atomic E-state index is -0.535. The second kappa shape index (κ2) is 12.0. The highest BCUT2D eigenvalue weighted by molar-refractivity contribution is 9.10. The van der Waals surface area contributed by atoms with Gasteiger partial charge in [-0.3, -0.25) is 4.79 Å². The van der Waals surface area contributed by atoms with E-state index in [-0.39, 0.29) is 12.4 Å². The Morgan fingerprint density at radius 3 is 2.41 bits per heavy atom. The van der Waals surface area contributed by atoms with E-state index in [0.29, 0.717) is 28.4 Å². The second-order valence-electron chi connectivity index (χ2n) is 7.71. The topological polar surface area (TPSA) is 95.5 Å². The summed E-state index contributed by atoms with van der Waals surface area (Å²) in [5.41, 5.74) is 3.42. The summed E-state index contributed by atoms with van der Waals surface area (Å²) in [5, 5.41) is 6.02. The number of fused-ring (bicyclic) bond motifs is 1. The molecule has 188 valence electrons. The summed E-state index contributed by atoms with van der Waals surface area (Å²) in [6, 6.07) is 23.1. The molecule has 0 spiro atoms. The van der Waals surface area contributed by atoms with Crippen molar-refractivity contribution in [2.75, 3.05) is 20.8 Å². The van der Waals surface area contributed by atoms with E-state index in [4.69, 9.17) is 18.9 Å². The molecule has 0 aliphatic carbocycles. The van der Waals surface area contributed by atoms with E-state index in [1.807, 2.05) is 30.3 Å². The zero-order valence-electron chi connectivity index (χ0n) is 20.1. The summed E-state index contributed by atoms with van der Waals surface area (Å²) < 4.78 is 22.3. The number of hydrogen-bond acceptors (Lipinski definition) is 7. The molecule has 1 N–H and O–H groups in total. The van der Waals surface area contributed by atoms with Gasteiger partial charge in [-0.2, -0.15) is 5.10 Å². The molecule has 0 heterocycles. The van der Waals surface area contributed by atoms with Crippen LogP contribution in [0.25, 0.3) is 10.8 Å². The number of benzene rings is 4. The van der Waals surface area contributed by atoms with Crippen molar-refractivity contribution in [2.24, 2.45) is 5.10 Å². The fourth-order valence-electron chi connectivity index (χ4n) is 3.41. The number of esters is 1. The van der Waals surface area contributed by atoms with E-state index >= 15 is 0 Å². The van der Waals surface area contributed by atoms with Crippen LogP contribution in [0.4, 0.5) is 0 Å². The Morgan fingerprint density at radius 1 is 0.892 bits per heavy atom. The molecule has 1 amide bonds. The fraction of sp³-hybridized carbons (Fsp3) is 0.107. The largest absolute Gasteiger partial charge is 0.497 e. The number of nitrogens with one attached hydrogen (secondary N) is 1. The summed E-state index contributed by atoms with van der Waals surface area (Å²) in [4.78, 5) is 24.7. The summed E-state index contributed by atoms with van der Waals surface area (Å²) in [6.45, 7) is -0.210. The summed E-state index contributed by atoms with van der Waals surface area (Å²) in [6.07, 6.45) is 1.45. The molecular weight excluding hydrogens is 540 g/mol. The normalized spacial score (nSPS) is 10.8. The summed E-state index contributed by atoms with van der Waals surface area (Å²) in [5.74, 6) is 0.821. The average molecular weight is 563 g/mol. The Labute approximate surface area is 221 Å². The summed E-state index contributed by atoms with van der Waals surface area (Å²) >= 11 is 3.53. The molecule has 4 aromatic carbocycles. The van der Waals surface area contributed by atoms with Crippen LogP contribution in [-0.2, 0) is 4.79 Å². The summed E-state index contributed by atoms with van der Waals surface area (Å²) in [7, 11) is 3.01. The Kier molecular flexibility index (Phi) is 8.37. The van der Waals surface area contributed by atoms with Crippen molar-refractivity contribution in [2.45, 2.75) is 0 Å². The molecule has 4 rings (SSSR count). The first-order chi connectivity index (χ1) is 18.0. The number of carbonyl (C=O) groups is 2. The Balaban J connectivity index is 1.33. The van der Waals surface area contributed by atoms with Crippen molar-refractivity contribution in [1.29, 1.82) is 0 Å². The van der Waals surface area contributed by atoms with Gasteiger partial charge >= 0.3 is 5.97 Å². The lowest BCUT2D eigenvalue weighted by Crippen LogP contribution is -2.24. The first-order valence-corrected chi connectivity index (χ1v) is 11.9. The van der Waals surface area contributed by atoms with Gasteiger partial charge in [-0.25, -0.2) is 10.2 Å². The molecule has 0 fully saturated rings. The lowest BCUT2D eigenvalue weighted by molar-refractivity contribution is -0.123. The molecule has 4 aromatic rings. The molecule has 0 aromatic heterocycles. The molecule has 0 bridgehead atoms. The number of carbonyl (C=O) groups excluding carboxylic acids is 2. The van der Waals surface area contributed by atoms with Gasteiger partial charge in [0.1, 0.15) is 11.5 Å². The van der Waals surface area contributed by atoms with Gasteiger partial charge in [0, 0.05) is 0 Å². The van der Waals surface area contributed by atoms with Crippen LogP contribution in [0.15, 0.2) is 88.4 Å². The zero-order chi connectivity index (χ0) is 26.2. The predicted molar refractivity (Wildman–Crippen MR) is 144 cm³/mol. The molecule has 0 radical (unpaired) electrons. The van der Waals surface area contributed by atoms with Crippen LogP contribution in [-0.4, -0.2) is 38.9 Å². The fourth-order valence-corrected chi connectivity index (χ4v) is 4.02. The number of nitrogens with zero attached hydrogens (tertiary/aromatic N) is 1. The van der Waals surface area contributed by atoms with Crippen molar-refractivity contribution in [3.05, 3.63) is 94.5 Å². The van der Waals surface area contributed by atoms with Crippen LogP contribution >= 0.6 is 15.9 Å². The van der Waals surface area contributed by atoms with Crippen LogP contribution in [0.2, 0.25) is 0 Å². The van der Waals surface area contributed by atoms with Gasteiger partial charge < -0.3 is 18.9 Å². The third kappa shape index (κ3) is 6.45. The number of hydrazone groups is 1. The monoisotopic (exact) mass is 562 g/mol. The Bertz CT molecular complexity index is 1450. The molecule has 0 aliphatic rings. The van der Waals surface area contributed by atoms with Gasteiger partial charge in [0.25, 0.3) is 5.91 Å². The number of amides is 1. The minimum Gasteiger partial charge on any atom is -0.497 e. The number of hydrogen-bond donors (Lipinski definition) is 1. The highest BCUT2D eigenvalue weighted by Crippen LogP contribution is 2.33. The quantitative estimate of drug-likeness (QED) is 0.127. The van der Waals surface area contributed by atoms with Crippen LogP contribution in [0, 0.1) is 0 Å². The van der Waals surface area contributed by atoms with Crippen molar-refractivity contribution >= 4 is 44.8 Å². The third-order valence-corrected chi connectivity index (χ3v) is 6.12. The van der Waals surface area contributed by atoms with Gasteiger partial charge in [0.2, 0.25) is 0 Å². The minimum absolute atomic E-state index is 0.210. The van der Waals surface area contributed by atoms with Crippen LogP contribution in [0.1, 0.15) is 15.9 Å². The molecular formula is C28H23BrN2O6. The molecule has 0 unspecified atom stereocenters. The SMILES string of the molecule is COc1ccc(C(=O)Oc2ccc(/C=N/NC(=O)COc3ccc4ccccc4c3Br)cc2OC)cc1. The average Bonchev–Trinajstić information content (AvgIpc) is 2.93. The predicted octanol–water partition coefficient (Wildman–Crippen LogP) is 5.37. The van der Waals surface area contributed by atoms with Crippen LogP contribution in [0.3, 0.4) is 0 Å². The number of halogens is 1. The highest BCUT2D eigenvalue weighted by Gasteiger charge is 2.13. The van der Waals surface area contributed by atoms with E-state index in [2.05, 4.69) is 26.5 Å². The standard InChI is InChI=1S/C28H23BrN2O6/c1-34-21-11-8-20(9-12-21)28(33)37-23-13-7-18(15-25(23)35-2)16-30-31-26(32)17-36-24-14-10-19-5-3-4-6-22(19)27(24)29/h3-16H,17H2,1-2H3,(H,31,32)/b30-16+. The van der Waals surface area contributed by atoms with Gasteiger partial charge in [-0.15, -0.1) is 0 Å². The van der Waals surface area contributed by atoms with E-state index in [9.17, 15) is 9.59 Å². The van der Waals surface area contributed by atoms with Crippen LogP contribution in [0.5, 0.6) is 23.0 Å². The van der Waals surface area contributed by atoms with E-state index in [0.717, 1.165) is 15.2 Å². The van der Waals surface area contributed by atoms with Gasteiger partial charge in [-0.05, 0) is 80.8 Å². The first-order valence-electron chi connectivity index (χ1n) is 11.1. The van der Waals surface area contributed by atoms with Gasteiger partial charge in [-0.1, -0.05) is 30.3 Å². The molecule has 37 heavy (non-hydrogen) atoms. The molecule has 0 aliphatic heterocycles. The van der Waals surface area contributed by atoms with Gasteiger partial charge in [0.15, 0.2) is 18.1 Å². The van der Waals surface area contributed by atoms with E-state index in [1.165, 1.54) is 13.3 Å². The molecule has 0 saturated carbocycles. The van der Waals surface area contributed by atoms with E-state index < -0.39 is 11.9 Å². The maximum Gasteiger partial charge on any atom is 0.343 e. The van der Waals surface area contributed by atoms with Crippen molar-refractivity contribution in [3.63, 3.8) is 0 Å². The molecule has 0 saturated heterocycles. The smallest absolute Gasteiger partial charge is 0.343 e. The highest BCUT2D eigenvalue weighted by atomic mass is 79.9. The van der Waals surface area contributed by atoms with E-state index in [1.54, 1.807) is 55.6 Å². The first kappa shape index (κ1) is 25.7. The van der Waals surface area contributed by atoms with Crippen LogP contribution < -0.4 is 24.4 Å². The van der Waals surface area contributed by atoms with Gasteiger partial charge in [0.05, 0.1) is 30.5 Å². The maximum absolute atomic E-state index is 12.5. The Hall–Kier alpha value is -4.37. The van der Waals surface area contributed by atoms with Crippen molar-refractivity contribution < 1.29 is 28.5 Å². The zero-order valence-corrected chi connectivity index (χ0v) is 21.7. The third-order valence-electron chi connectivity index (χ3n) is 5.31. The molecule has 0 atom stereocenters. The second-order valence-corrected chi connectivity index (χ2v) is 8.50.